The van der Waals surface area contributed by atoms with E-state index < -0.39 is 15.6 Å². The molecule has 2 aliphatic rings. The molecule has 0 radical (unpaired) electrons. The number of aromatic nitrogens is 2. The Kier molecular flexibility index (Phi) is 6.35. The van der Waals surface area contributed by atoms with Gasteiger partial charge in [0.1, 0.15) is 5.54 Å². The maximum atomic E-state index is 13.6. The normalized spacial score (nSPS) is 17.9. The van der Waals surface area contributed by atoms with Gasteiger partial charge in [-0.3, -0.25) is 9.10 Å². The lowest BCUT2D eigenvalue weighted by atomic mass is 9.88. The number of sulfonamides is 1. The van der Waals surface area contributed by atoms with Crippen molar-refractivity contribution in [3.05, 3.63) is 71.4 Å². The standard InChI is InChI=1S/C26H30N4O4S/c1-19-27-25(29-34-19)26(15-6-2-3-7-16-26)28-24(31)21-11-8-13-22(18-21)35(32,33)30-17-9-12-20-10-4-5-14-23(20)30/h4-5,8,10-11,13-14,18H,2-3,6-7,9,12,15-17H2,1H3,(H,28,31). The van der Waals surface area contributed by atoms with Crippen LogP contribution in [0.25, 0.3) is 0 Å². The maximum absolute atomic E-state index is 13.6. The first kappa shape index (κ1) is 23.5. The van der Waals surface area contributed by atoms with E-state index in [1.807, 2.05) is 24.3 Å². The van der Waals surface area contributed by atoms with E-state index in [0.29, 0.717) is 42.4 Å². The quantitative estimate of drug-likeness (QED) is 0.524. The Morgan fingerprint density at radius 1 is 1.03 bits per heavy atom. The minimum Gasteiger partial charge on any atom is -0.340 e. The predicted octanol–water partition coefficient (Wildman–Crippen LogP) is 4.50. The Hall–Kier alpha value is -3.20. The van der Waals surface area contributed by atoms with Crippen molar-refractivity contribution in [1.29, 1.82) is 0 Å². The van der Waals surface area contributed by atoms with Crippen LogP contribution in [0, 0.1) is 6.92 Å². The van der Waals surface area contributed by atoms with Gasteiger partial charge >= 0.3 is 0 Å². The van der Waals surface area contributed by atoms with Gasteiger partial charge < -0.3 is 9.84 Å². The molecule has 1 aliphatic carbocycles. The molecule has 0 unspecified atom stereocenters. The van der Waals surface area contributed by atoms with Gasteiger partial charge in [0.15, 0.2) is 5.82 Å². The molecule has 2 heterocycles. The average molecular weight is 495 g/mol. The number of nitrogens with zero attached hydrogens (tertiary/aromatic N) is 3. The zero-order valence-electron chi connectivity index (χ0n) is 19.9. The van der Waals surface area contributed by atoms with Crippen LogP contribution in [0.15, 0.2) is 57.9 Å². The van der Waals surface area contributed by atoms with Crippen LogP contribution >= 0.6 is 0 Å². The highest BCUT2D eigenvalue weighted by Gasteiger charge is 2.39. The van der Waals surface area contributed by atoms with Crippen LogP contribution in [0.5, 0.6) is 0 Å². The van der Waals surface area contributed by atoms with Gasteiger partial charge in [0.05, 0.1) is 10.6 Å². The van der Waals surface area contributed by atoms with E-state index in [-0.39, 0.29) is 10.8 Å². The summed E-state index contributed by atoms with van der Waals surface area (Å²) < 4.78 is 33.9. The molecule has 1 aliphatic heterocycles. The molecule has 0 spiro atoms. The summed E-state index contributed by atoms with van der Waals surface area (Å²) in [6.45, 7) is 2.14. The van der Waals surface area contributed by atoms with Crippen molar-refractivity contribution in [1.82, 2.24) is 15.5 Å². The third kappa shape index (κ3) is 4.57. The number of fused-ring (bicyclic) bond motifs is 1. The van der Waals surface area contributed by atoms with Gasteiger partial charge in [0, 0.05) is 19.0 Å². The summed E-state index contributed by atoms with van der Waals surface area (Å²) in [6.07, 6.45) is 7.07. The molecule has 1 N–H and O–H groups in total. The number of hydrogen-bond acceptors (Lipinski definition) is 6. The molecule has 1 saturated carbocycles. The Balaban J connectivity index is 1.45. The summed E-state index contributed by atoms with van der Waals surface area (Å²) in [6, 6.07) is 13.9. The number of aryl methyl sites for hydroxylation is 2. The van der Waals surface area contributed by atoms with E-state index in [4.69, 9.17) is 4.52 Å². The second kappa shape index (κ2) is 9.45. The first-order valence-corrected chi connectivity index (χ1v) is 13.7. The molecule has 184 valence electrons. The number of carbonyl (C=O) groups excluding carboxylic acids is 1. The number of amides is 1. The largest absolute Gasteiger partial charge is 0.340 e. The number of benzene rings is 2. The molecule has 9 heteroatoms. The van der Waals surface area contributed by atoms with Crippen molar-refractivity contribution in [2.45, 2.75) is 68.7 Å². The van der Waals surface area contributed by atoms with Gasteiger partial charge in [-0.15, -0.1) is 0 Å². The van der Waals surface area contributed by atoms with Gasteiger partial charge in [-0.2, -0.15) is 4.98 Å². The van der Waals surface area contributed by atoms with Gasteiger partial charge in [0.2, 0.25) is 5.89 Å². The molecule has 1 amide bonds. The van der Waals surface area contributed by atoms with Crippen molar-refractivity contribution in [3.63, 3.8) is 0 Å². The molecule has 3 aromatic rings. The summed E-state index contributed by atoms with van der Waals surface area (Å²) in [5.41, 5.74) is 1.28. The second-order valence-electron chi connectivity index (χ2n) is 9.42. The molecule has 0 bridgehead atoms. The first-order valence-electron chi connectivity index (χ1n) is 12.2. The zero-order valence-corrected chi connectivity index (χ0v) is 20.7. The van der Waals surface area contributed by atoms with Crippen molar-refractivity contribution in [3.8, 4) is 0 Å². The monoisotopic (exact) mass is 494 g/mol. The molecule has 1 fully saturated rings. The number of para-hydroxylation sites is 1. The minimum absolute atomic E-state index is 0.104. The lowest BCUT2D eigenvalue weighted by molar-refractivity contribution is 0.0876. The van der Waals surface area contributed by atoms with Crippen LogP contribution in [-0.2, 0) is 22.0 Å². The second-order valence-corrected chi connectivity index (χ2v) is 11.3. The summed E-state index contributed by atoms with van der Waals surface area (Å²) >= 11 is 0. The summed E-state index contributed by atoms with van der Waals surface area (Å²) in [4.78, 5) is 18.0. The summed E-state index contributed by atoms with van der Waals surface area (Å²) in [5.74, 6) is 0.595. The van der Waals surface area contributed by atoms with Gasteiger partial charge in [-0.1, -0.05) is 55.1 Å². The van der Waals surface area contributed by atoms with Crippen molar-refractivity contribution in [2.75, 3.05) is 10.8 Å². The summed E-state index contributed by atoms with van der Waals surface area (Å²) in [7, 11) is -3.82. The molecule has 2 aromatic carbocycles. The van der Waals surface area contributed by atoms with Gasteiger partial charge in [0.25, 0.3) is 15.9 Å². The number of rotatable bonds is 5. The van der Waals surface area contributed by atoms with Crippen LogP contribution in [0.2, 0.25) is 0 Å². The Labute approximate surface area is 205 Å². The van der Waals surface area contributed by atoms with Crippen LogP contribution in [0.1, 0.15) is 72.6 Å². The molecule has 8 nitrogen and oxygen atoms in total. The average Bonchev–Trinajstić information content (AvgIpc) is 3.18. The van der Waals surface area contributed by atoms with E-state index in [1.54, 1.807) is 25.1 Å². The third-order valence-electron chi connectivity index (χ3n) is 7.02. The van der Waals surface area contributed by atoms with E-state index in [9.17, 15) is 13.2 Å². The number of nitrogens with one attached hydrogen (secondary N) is 1. The molecular formula is C26H30N4O4S. The highest BCUT2D eigenvalue weighted by Crippen LogP contribution is 2.35. The highest BCUT2D eigenvalue weighted by atomic mass is 32.2. The Bertz CT molecular complexity index is 1330. The molecule has 1 aromatic heterocycles. The molecule has 0 saturated heterocycles. The van der Waals surface area contributed by atoms with E-state index in [2.05, 4.69) is 15.5 Å². The fraction of sp³-hybridized carbons (Fsp3) is 0.423. The van der Waals surface area contributed by atoms with Crippen LogP contribution in [-0.4, -0.2) is 31.0 Å². The number of carbonyl (C=O) groups is 1. The van der Waals surface area contributed by atoms with Crippen molar-refractivity contribution in [2.24, 2.45) is 0 Å². The van der Waals surface area contributed by atoms with Gasteiger partial charge in [-0.25, -0.2) is 8.42 Å². The van der Waals surface area contributed by atoms with Crippen LogP contribution in [0.3, 0.4) is 0 Å². The third-order valence-corrected chi connectivity index (χ3v) is 8.83. The van der Waals surface area contributed by atoms with Crippen molar-refractivity contribution >= 4 is 21.6 Å². The zero-order chi connectivity index (χ0) is 24.5. The molecule has 35 heavy (non-hydrogen) atoms. The summed E-state index contributed by atoms with van der Waals surface area (Å²) in [5, 5.41) is 7.30. The SMILES string of the molecule is Cc1nc(C2(NC(=O)c3cccc(S(=O)(=O)N4CCCc5ccccc54)c3)CCCCCC2)no1. The minimum atomic E-state index is -3.82. The van der Waals surface area contributed by atoms with E-state index in [1.165, 1.54) is 10.4 Å². The fourth-order valence-electron chi connectivity index (χ4n) is 5.19. The fourth-order valence-corrected chi connectivity index (χ4v) is 6.78. The Morgan fingerprint density at radius 3 is 2.54 bits per heavy atom. The molecular weight excluding hydrogens is 464 g/mol. The highest BCUT2D eigenvalue weighted by molar-refractivity contribution is 7.92. The number of hydrogen-bond donors (Lipinski definition) is 1. The lowest BCUT2D eigenvalue weighted by Crippen LogP contribution is -2.46. The van der Waals surface area contributed by atoms with Gasteiger partial charge in [-0.05, 0) is 55.5 Å². The molecule has 5 rings (SSSR count). The predicted molar refractivity (Wildman–Crippen MR) is 132 cm³/mol. The maximum Gasteiger partial charge on any atom is 0.264 e. The first-order chi connectivity index (χ1) is 16.9. The number of anilines is 1. The topological polar surface area (TPSA) is 105 Å². The van der Waals surface area contributed by atoms with Crippen LogP contribution in [0.4, 0.5) is 5.69 Å². The molecule has 0 atom stereocenters. The van der Waals surface area contributed by atoms with E-state index >= 15 is 0 Å². The van der Waals surface area contributed by atoms with Crippen molar-refractivity contribution < 1.29 is 17.7 Å². The smallest absolute Gasteiger partial charge is 0.264 e. The van der Waals surface area contributed by atoms with E-state index in [0.717, 1.165) is 44.1 Å². The van der Waals surface area contributed by atoms with Crippen LogP contribution < -0.4 is 9.62 Å². The Morgan fingerprint density at radius 2 is 1.80 bits per heavy atom. The lowest BCUT2D eigenvalue weighted by Gasteiger charge is -2.31.